The summed E-state index contributed by atoms with van der Waals surface area (Å²) in [5.41, 5.74) is 4.83. The average Bonchev–Trinajstić information content (AvgIpc) is 2.39. The molecule has 0 fully saturated rings. The number of methoxy groups -OCH3 is 1. The van der Waals surface area contributed by atoms with E-state index in [1.807, 2.05) is 0 Å². The van der Waals surface area contributed by atoms with Crippen LogP contribution in [0.5, 0.6) is 5.75 Å². The Labute approximate surface area is 140 Å². The number of hydrogen-bond donors (Lipinski definition) is 2. The lowest BCUT2D eigenvalue weighted by Crippen LogP contribution is -2.41. The Bertz CT molecular complexity index is 602. The lowest BCUT2D eigenvalue weighted by Gasteiger charge is -2.16. The molecule has 1 aromatic rings. The van der Waals surface area contributed by atoms with Crippen molar-refractivity contribution in [3.05, 3.63) is 21.6 Å². The van der Waals surface area contributed by atoms with Crippen LogP contribution in [0, 0.1) is 0 Å². The highest BCUT2D eigenvalue weighted by Gasteiger charge is 2.30. The molecule has 1 rings (SSSR count). The van der Waals surface area contributed by atoms with E-state index in [0.29, 0.717) is 0 Å². The van der Waals surface area contributed by atoms with Crippen LogP contribution in [0.15, 0.2) is 21.5 Å². The number of benzene rings is 1. The molecule has 0 saturated carbocycles. The van der Waals surface area contributed by atoms with E-state index in [2.05, 4.69) is 15.9 Å². The van der Waals surface area contributed by atoms with E-state index in [0.717, 1.165) is 6.07 Å². The van der Waals surface area contributed by atoms with Gasteiger partial charge in [-0.3, -0.25) is 0 Å². The van der Waals surface area contributed by atoms with E-state index in [1.165, 1.54) is 13.2 Å². The van der Waals surface area contributed by atoms with Crippen LogP contribution in [-0.4, -0.2) is 34.5 Å². The molecule has 0 aliphatic heterocycles. The van der Waals surface area contributed by atoms with Gasteiger partial charge < -0.3 is 10.5 Å². The monoisotopic (exact) mass is 428 g/mol. The van der Waals surface area contributed by atoms with Crippen LogP contribution in [0.1, 0.15) is 0 Å². The van der Waals surface area contributed by atoms with Crippen LogP contribution >= 0.6 is 39.9 Å². The number of nitrogens with one attached hydrogen (secondary N) is 1. The van der Waals surface area contributed by atoms with E-state index in [9.17, 15) is 17.2 Å². The summed E-state index contributed by atoms with van der Waals surface area (Å²) in [4.78, 5) is -0.267. The smallest absolute Gasteiger partial charge is 0.273 e. The van der Waals surface area contributed by atoms with Crippen LogP contribution in [0.4, 0.5) is 8.78 Å². The molecule has 0 unspecified atom stereocenters. The molecule has 0 radical (unpaired) electrons. The third kappa shape index (κ3) is 5.50. The zero-order valence-electron chi connectivity index (χ0n) is 10.7. The summed E-state index contributed by atoms with van der Waals surface area (Å²) in [5, 5.41) is 0.0432. The van der Waals surface area contributed by atoms with Crippen LogP contribution < -0.4 is 15.2 Å². The van der Waals surface area contributed by atoms with E-state index in [-0.39, 0.29) is 32.5 Å². The normalized spacial score (nSPS) is 11.9. The van der Waals surface area contributed by atoms with Crippen molar-refractivity contribution in [1.29, 1.82) is 0 Å². The fourth-order valence-corrected chi connectivity index (χ4v) is 3.64. The number of hydrogen-bond acceptors (Lipinski definition) is 4. The molecule has 3 N–H and O–H groups in total. The minimum Gasteiger partial charge on any atom is -0.495 e. The van der Waals surface area contributed by atoms with Gasteiger partial charge in [-0.2, -0.15) is 0 Å². The standard InChI is InChI=1S/C10H12BrClF2N2O3S.ClH/c1-19-8-2-6(11)9(3-7(8)12)20(17,18)16-5-10(13,14)4-15;/h2-3,16H,4-5,15H2,1H3;1H. The second kappa shape index (κ2) is 7.89. The molecular weight excluding hydrogens is 417 g/mol. The number of sulfonamides is 1. The van der Waals surface area contributed by atoms with Gasteiger partial charge in [0.1, 0.15) is 5.75 Å². The first-order valence-electron chi connectivity index (χ1n) is 5.23. The molecule has 11 heteroatoms. The van der Waals surface area contributed by atoms with Gasteiger partial charge in [0.05, 0.1) is 30.1 Å². The summed E-state index contributed by atoms with van der Waals surface area (Å²) in [6.45, 7) is -2.05. The Hall–Kier alpha value is -0.190. The third-order valence-electron chi connectivity index (χ3n) is 2.32. The highest BCUT2D eigenvalue weighted by molar-refractivity contribution is 9.10. The minimum absolute atomic E-state index is 0. The van der Waals surface area contributed by atoms with Crippen molar-refractivity contribution < 1.29 is 21.9 Å². The predicted molar refractivity (Wildman–Crippen MR) is 82.1 cm³/mol. The van der Waals surface area contributed by atoms with Gasteiger partial charge in [-0.1, -0.05) is 11.6 Å². The van der Waals surface area contributed by atoms with Crippen molar-refractivity contribution in [1.82, 2.24) is 4.72 Å². The molecule has 0 atom stereocenters. The van der Waals surface area contributed by atoms with Crippen molar-refractivity contribution in [2.45, 2.75) is 10.8 Å². The molecule has 21 heavy (non-hydrogen) atoms. The van der Waals surface area contributed by atoms with E-state index < -0.39 is 29.0 Å². The molecule has 0 aliphatic carbocycles. The molecule has 0 saturated heterocycles. The van der Waals surface area contributed by atoms with Gasteiger partial charge in [0.2, 0.25) is 10.0 Å². The number of rotatable bonds is 6. The molecule has 0 spiro atoms. The van der Waals surface area contributed by atoms with Crippen molar-refractivity contribution in [3.63, 3.8) is 0 Å². The number of ether oxygens (including phenoxy) is 1. The molecule has 1 aromatic carbocycles. The van der Waals surface area contributed by atoms with Crippen molar-refractivity contribution in [2.24, 2.45) is 5.73 Å². The number of halogens is 5. The average molecular weight is 430 g/mol. The number of alkyl halides is 2. The molecular formula is C10H13BrCl2F2N2O3S. The van der Waals surface area contributed by atoms with E-state index in [1.54, 1.807) is 4.72 Å². The van der Waals surface area contributed by atoms with Crippen molar-refractivity contribution in [2.75, 3.05) is 20.2 Å². The highest BCUT2D eigenvalue weighted by atomic mass is 79.9. The Balaban J connectivity index is 0.00000400. The maximum Gasteiger partial charge on any atom is 0.273 e. The summed E-state index contributed by atoms with van der Waals surface area (Å²) in [7, 11) is -2.79. The molecule has 0 aliphatic rings. The molecule has 122 valence electrons. The molecule has 0 heterocycles. The molecule has 0 amide bonds. The topological polar surface area (TPSA) is 81.4 Å². The van der Waals surface area contributed by atoms with Crippen molar-refractivity contribution >= 4 is 50.0 Å². The van der Waals surface area contributed by atoms with Crippen LogP contribution in [0.25, 0.3) is 0 Å². The van der Waals surface area contributed by atoms with Crippen molar-refractivity contribution in [3.8, 4) is 5.75 Å². The summed E-state index contributed by atoms with van der Waals surface area (Å²) < 4.78 is 56.7. The first kappa shape index (κ1) is 20.8. The Morgan fingerprint density at radius 2 is 2.05 bits per heavy atom. The first-order chi connectivity index (χ1) is 9.13. The molecule has 0 aromatic heterocycles. The second-order valence-corrected chi connectivity index (χ2v) is 6.80. The Morgan fingerprint density at radius 1 is 1.48 bits per heavy atom. The van der Waals surface area contributed by atoms with Gasteiger partial charge in [0, 0.05) is 4.47 Å². The zero-order valence-corrected chi connectivity index (χ0v) is 14.7. The Kier molecular flexibility index (Phi) is 7.82. The summed E-state index contributed by atoms with van der Waals surface area (Å²) in [5.74, 6) is -3.07. The van der Waals surface area contributed by atoms with E-state index >= 15 is 0 Å². The zero-order chi connectivity index (χ0) is 15.6. The largest absolute Gasteiger partial charge is 0.495 e. The van der Waals surface area contributed by atoms with Gasteiger partial charge in [0.15, 0.2) is 0 Å². The number of nitrogens with two attached hydrogens (primary N) is 1. The van der Waals surface area contributed by atoms with Gasteiger partial charge in [-0.05, 0) is 28.1 Å². The Morgan fingerprint density at radius 3 is 2.52 bits per heavy atom. The minimum atomic E-state index is -4.15. The molecule has 0 bridgehead atoms. The molecule has 5 nitrogen and oxygen atoms in total. The summed E-state index contributed by atoms with van der Waals surface area (Å²) in [6.07, 6.45) is 0. The quantitative estimate of drug-likeness (QED) is 0.727. The van der Waals surface area contributed by atoms with Gasteiger partial charge in [-0.25, -0.2) is 21.9 Å². The van der Waals surface area contributed by atoms with Gasteiger partial charge >= 0.3 is 0 Å². The third-order valence-corrected chi connectivity index (χ3v) is 4.97. The SMILES string of the molecule is COc1cc(Br)c(S(=O)(=O)NCC(F)(F)CN)cc1Cl.Cl. The van der Waals surface area contributed by atoms with E-state index in [4.69, 9.17) is 22.1 Å². The first-order valence-corrected chi connectivity index (χ1v) is 7.89. The van der Waals surface area contributed by atoms with Gasteiger partial charge in [-0.15, -0.1) is 12.4 Å². The van der Waals surface area contributed by atoms with Crippen LogP contribution in [0.2, 0.25) is 5.02 Å². The summed E-state index contributed by atoms with van der Waals surface area (Å²) in [6, 6.07) is 2.44. The fourth-order valence-electron chi connectivity index (χ4n) is 1.22. The maximum atomic E-state index is 13.0. The van der Waals surface area contributed by atoms with Gasteiger partial charge in [0.25, 0.3) is 5.92 Å². The maximum absolute atomic E-state index is 13.0. The lowest BCUT2D eigenvalue weighted by molar-refractivity contribution is 0.0170. The predicted octanol–water partition coefficient (Wildman–Crippen LogP) is 2.41. The summed E-state index contributed by atoms with van der Waals surface area (Å²) >= 11 is 8.84. The second-order valence-electron chi connectivity index (χ2n) is 3.80. The fraction of sp³-hybridized carbons (Fsp3) is 0.400. The lowest BCUT2D eigenvalue weighted by atomic mass is 10.3. The highest BCUT2D eigenvalue weighted by Crippen LogP contribution is 2.33. The van der Waals surface area contributed by atoms with Crippen LogP contribution in [0.3, 0.4) is 0 Å². The van der Waals surface area contributed by atoms with Crippen LogP contribution in [-0.2, 0) is 10.0 Å².